The molecule has 6 heteroatoms. The fraction of sp³-hybridized carbons (Fsp3) is 0.667. The van der Waals surface area contributed by atoms with Gasteiger partial charge in [0.1, 0.15) is 0 Å². The van der Waals surface area contributed by atoms with Gasteiger partial charge in [0.05, 0.1) is 24.4 Å². The van der Waals surface area contributed by atoms with E-state index in [1.807, 2.05) is 20.8 Å². The molecule has 0 aromatic carbocycles. The first-order valence-electron chi connectivity index (χ1n) is 4.69. The summed E-state index contributed by atoms with van der Waals surface area (Å²) in [6.07, 6.45) is 3.40. The van der Waals surface area contributed by atoms with Gasteiger partial charge in [-0.1, -0.05) is 5.11 Å². The van der Waals surface area contributed by atoms with Gasteiger partial charge in [-0.25, -0.2) is 0 Å². The number of hydrogen-bond donors (Lipinski definition) is 1. The topological polar surface area (TPSA) is 86.8 Å². The van der Waals surface area contributed by atoms with Crippen molar-refractivity contribution in [3.8, 4) is 0 Å². The molecule has 0 radical (unpaired) electrons. The number of hydrogen-bond acceptors (Lipinski definition) is 3. The molecule has 1 atom stereocenters. The van der Waals surface area contributed by atoms with Crippen LogP contribution in [0.2, 0.25) is 0 Å². The van der Waals surface area contributed by atoms with Crippen LogP contribution in [0.15, 0.2) is 17.5 Å². The molecule has 1 aromatic heterocycles. The molecule has 0 bridgehead atoms. The predicted molar refractivity (Wildman–Crippen MR) is 56.2 cm³/mol. The van der Waals surface area contributed by atoms with Gasteiger partial charge in [0.2, 0.25) is 0 Å². The third-order valence-electron chi connectivity index (χ3n) is 2.04. The van der Waals surface area contributed by atoms with E-state index in [0.29, 0.717) is 0 Å². The Hall–Kier alpha value is -1.52. The summed E-state index contributed by atoms with van der Waals surface area (Å²) in [5.41, 5.74) is 8.93. The minimum atomic E-state index is -0.550. The zero-order valence-electron chi connectivity index (χ0n) is 9.12. The summed E-state index contributed by atoms with van der Waals surface area (Å²) in [7, 11) is 0. The molecule has 0 aliphatic rings. The summed E-state index contributed by atoms with van der Waals surface area (Å²) in [4.78, 5) is 2.68. The van der Waals surface area contributed by atoms with Crippen LogP contribution in [0.4, 0.5) is 0 Å². The Bertz CT molecular complexity index is 372. The maximum absolute atomic E-state index is 9.02. The summed E-state index contributed by atoms with van der Waals surface area (Å²) < 4.78 is 1.78. The Kier molecular flexibility index (Phi) is 3.34. The van der Waals surface area contributed by atoms with Crippen molar-refractivity contribution in [1.82, 2.24) is 9.78 Å². The Morgan fingerprint density at radius 3 is 2.73 bits per heavy atom. The summed E-state index contributed by atoms with van der Waals surface area (Å²) >= 11 is 0. The largest absolute Gasteiger partial charge is 0.396 e. The average molecular weight is 209 g/mol. The van der Waals surface area contributed by atoms with Gasteiger partial charge in [-0.3, -0.25) is 4.68 Å². The second-order valence-electron chi connectivity index (χ2n) is 4.29. The Balaban J connectivity index is 2.97. The second-order valence-corrected chi connectivity index (χ2v) is 4.29. The minimum absolute atomic E-state index is 0.116. The lowest BCUT2D eigenvalue weighted by atomic mass is 10.1. The lowest BCUT2D eigenvalue weighted by molar-refractivity contribution is 0.267. The third kappa shape index (κ3) is 2.71. The second kappa shape index (κ2) is 4.33. The maximum Gasteiger partial charge on any atom is 0.0886 e. The van der Waals surface area contributed by atoms with Crippen LogP contribution in [-0.4, -0.2) is 21.5 Å². The molecule has 0 fully saturated rings. The molecule has 0 aliphatic heterocycles. The van der Waals surface area contributed by atoms with E-state index in [-0.39, 0.29) is 12.1 Å². The van der Waals surface area contributed by atoms with Crippen LogP contribution in [0.1, 0.15) is 32.4 Å². The summed E-state index contributed by atoms with van der Waals surface area (Å²) in [5.74, 6) is 0. The van der Waals surface area contributed by atoms with Crippen LogP contribution in [0, 0.1) is 0 Å². The molecule has 0 amide bonds. The molecule has 1 unspecified atom stereocenters. The number of aliphatic hydroxyl groups excluding tert-OH is 1. The van der Waals surface area contributed by atoms with Gasteiger partial charge in [-0.05, 0) is 26.3 Å². The number of azide groups is 1. The molecule has 1 heterocycles. The Labute approximate surface area is 88.2 Å². The van der Waals surface area contributed by atoms with Gasteiger partial charge in [-0.2, -0.15) is 5.10 Å². The van der Waals surface area contributed by atoms with Crippen LogP contribution in [0.25, 0.3) is 10.4 Å². The molecule has 0 saturated heterocycles. The van der Waals surface area contributed by atoms with Crippen LogP contribution in [0.3, 0.4) is 0 Å². The van der Waals surface area contributed by atoms with Gasteiger partial charge in [0, 0.05) is 16.7 Å². The van der Waals surface area contributed by atoms with E-state index < -0.39 is 6.04 Å². The average Bonchev–Trinajstić information content (AvgIpc) is 2.62. The molecular formula is C9H15N5O. The van der Waals surface area contributed by atoms with Crippen molar-refractivity contribution in [2.45, 2.75) is 32.4 Å². The Morgan fingerprint density at radius 2 is 2.33 bits per heavy atom. The van der Waals surface area contributed by atoms with Crippen LogP contribution in [-0.2, 0) is 5.54 Å². The highest BCUT2D eigenvalue weighted by Crippen LogP contribution is 2.19. The first-order chi connectivity index (χ1) is 6.99. The standard InChI is InChI=1S/C9H15N5O/c1-9(2,3)14-5-7(4-11-14)8(6-15)12-13-10/h4-5,8,15H,6H2,1-3H3. The molecule has 0 spiro atoms. The van der Waals surface area contributed by atoms with Crippen molar-refractivity contribution in [2.24, 2.45) is 5.11 Å². The fourth-order valence-electron chi connectivity index (χ4n) is 1.15. The summed E-state index contributed by atoms with van der Waals surface area (Å²) in [5, 5.41) is 16.7. The zero-order chi connectivity index (χ0) is 11.5. The molecule has 82 valence electrons. The molecule has 15 heavy (non-hydrogen) atoms. The molecule has 0 saturated carbocycles. The van der Waals surface area contributed by atoms with E-state index in [1.165, 1.54) is 0 Å². The van der Waals surface area contributed by atoms with Crippen molar-refractivity contribution in [1.29, 1.82) is 0 Å². The van der Waals surface area contributed by atoms with Gasteiger partial charge >= 0.3 is 0 Å². The SMILES string of the molecule is CC(C)(C)n1cc(C(CO)N=[N+]=[N-])cn1. The maximum atomic E-state index is 9.02. The molecular weight excluding hydrogens is 194 g/mol. The molecule has 1 N–H and O–H groups in total. The van der Waals surface area contributed by atoms with E-state index in [9.17, 15) is 0 Å². The van der Waals surface area contributed by atoms with Crippen molar-refractivity contribution < 1.29 is 5.11 Å². The highest BCUT2D eigenvalue weighted by molar-refractivity contribution is 5.11. The summed E-state index contributed by atoms with van der Waals surface area (Å²) in [6.45, 7) is 5.85. The monoisotopic (exact) mass is 209 g/mol. The molecule has 0 aliphatic carbocycles. The summed E-state index contributed by atoms with van der Waals surface area (Å²) in [6, 6.07) is -0.550. The van der Waals surface area contributed by atoms with Crippen molar-refractivity contribution in [2.75, 3.05) is 6.61 Å². The zero-order valence-corrected chi connectivity index (χ0v) is 9.12. The molecule has 6 nitrogen and oxygen atoms in total. The van der Waals surface area contributed by atoms with E-state index >= 15 is 0 Å². The first-order valence-corrected chi connectivity index (χ1v) is 4.69. The number of aliphatic hydroxyl groups is 1. The lowest BCUT2D eigenvalue weighted by Gasteiger charge is -2.18. The lowest BCUT2D eigenvalue weighted by Crippen LogP contribution is -2.22. The smallest absolute Gasteiger partial charge is 0.0886 e. The van der Waals surface area contributed by atoms with Crippen molar-refractivity contribution in [3.63, 3.8) is 0 Å². The van der Waals surface area contributed by atoms with Crippen LogP contribution in [0.5, 0.6) is 0 Å². The van der Waals surface area contributed by atoms with E-state index in [2.05, 4.69) is 15.1 Å². The quantitative estimate of drug-likeness (QED) is 0.468. The van der Waals surface area contributed by atoms with Gasteiger partial charge < -0.3 is 5.11 Å². The highest BCUT2D eigenvalue weighted by Gasteiger charge is 2.17. The van der Waals surface area contributed by atoms with Gasteiger partial charge in [0.25, 0.3) is 0 Å². The normalized spacial score (nSPS) is 13.3. The molecule has 1 aromatic rings. The minimum Gasteiger partial charge on any atom is -0.396 e. The van der Waals surface area contributed by atoms with Gasteiger partial charge in [0.15, 0.2) is 0 Å². The van der Waals surface area contributed by atoms with Crippen LogP contribution < -0.4 is 0 Å². The van der Waals surface area contributed by atoms with E-state index in [4.69, 9.17) is 10.6 Å². The number of aromatic nitrogens is 2. The predicted octanol–water partition coefficient (Wildman–Crippen LogP) is 1.98. The fourth-order valence-corrected chi connectivity index (χ4v) is 1.15. The van der Waals surface area contributed by atoms with Crippen LogP contribution >= 0.6 is 0 Å². The van der Waals surface area contributed by atoms with E-state index in [0.717, 1.165) is 5.56 Å². The first kappa shape index (κ1) is 11.6. The molecule has 1 rings (SSSR count). The number of rotatable bonds is 3. The highest BCUT2D eigenvalue weighted by atomic mass is 16.3. The van der Waals surface area contributed by atoms with Crippen molar-refractivity contribution >= 4 is 0 Å². The number of nitrogens with zero attached hydrogens (tertiary/aromatic N) is 5. The third-order valence-corrected chi connectivity index (χ3v) is 2.04. The van der Waals surface area contributed by atoms with Gasteiger partial charge in [-0.15, -0.1) is 0 Å². The Morgan fingerprint density at radius 1 is 1.67 bits per heavy atom. The van der Waals surface area contributed by atoms with E-state index in [1.54, 1.807) is 17.1 Å². The van der Waals surface area contributed by atoms with Crippen molar-refractivity contribution in [3.05, 3.63) is 28.4 Å².